The van der Waals surface area contributed by atoms with Crippen LogP contribution >= 0.6 is 15.9 Å². The van der Waals surface area contributed by atoms with E-state index in [2.05, 4.69) is 38.1 Å². The highest BCUT2D eigenvalue weighted by Crippen LogP contribution is 2.21. The summed E-state index contributed by atoms with van der Waals surface area (Å²) in [5.41, 5.74) is 2.08. The fraction of sp³-hybridized carbons (Fsp3) is 0.375. The highest BCUT2D eigenvalue weighted by molar-refractivity contribution is 9.10. The Balaban J connectivity index is 2.19. The number of aromatic nitrogens is 2. The number of benzene rings is 1. The topological polar surface area (TPSA) is 37.8 Å². The summed E-state index contributed by atoms with van der Waals surface area (Å²) in [6.07, 6.45) is 5.41. The summed E-state index contributed by atoms with van der Waals surface area (Å²) in [5, 5.41) is 3.45. The normalized spacial score (nSPS) is 12.4. The van der Waals surface area contributed by atoms with Gasteiger partial charge in [-0.25, -0.2) is 14.4 Å². The lowest BCUT2D eigenvalue weighted by atomic mass is 10.0. The number of rotatable bonds is 6. The number of nitrogens with zero attached hydrogens (tertiary/aromatic N) is 2. The molecule has 112 valence electrons. The molecule has 0 saturated heterocycles. The first-order valence-electron chi connectivity index (χ1n) is 7.06. The molecule has 0 bridgehead atoms. The van der Waals surface area contributed by atoms with Crippen molar-refractivity contribution in [3.05, 3.63) is 57.8 Å². The zero-order valence-electron chi connectivity index (χ0n) is 12.2. The predicted octanol–water partition coefficient (Wildman–Crippen LogP) is 3.97. The molecule has 0 aliphatic rings. The second kappa shape index (κ2) is 7.61. The molecule has 0 saturated carbocycles. The molecule has 0 aliphatic heterocycles. The largest absolute Gasteiger partial charge is 0.307 e. The molecule has 1 atom stereocenters. The smallest absolute Gasteiger partial charge is 0.145 e. The van der Waals surface area contributed by atoms with E-state index in [1.54, 1.807) is 6.07 Å². The van der Waals surface area contributed by atoms with Crippen molar-refractivity contribution in [2.24, 2.45) is 0 Å². The van der Waals surface area contributed by atoms with Gasteiger partial charge in [-0.15, -0.1) is 0 Å². The van der Waals surface area contributed by atoms with Crippen LogP contribution in [0.15, 0.2) is 35.1 Å². The fourth-order valence-electron chi connectivity index (χ4n) is 2.06. The lowest BCUT2D eigenvalue weighted by Gasteiger charge is -2.17. The second-order valence-corrected chi connectivity index (χ2v) is 5.93. The molecule has 0 radical (unpaired) electrons. The third-order valence-corrected chi connectivity index (χ3v) is 3.78. The van der Waals surface area contributed by atoms with Crippen molar-refractivity contribution in [1.29, 1.82) is 0 Å². The molecule has 0 amide bonds. The Bertz CT molecular complexity index is 587. The van der Waals surface area contributed by atoms with Crippen LogP contribution in [0.25, 0.3) is 0 Å². The Kier molecular flexibility index (Phi) is 5.82. The Morgan fingerprint density at radius 2 is 2.00 bits per heavy atom. The van der Waals surface area contributed by atoms with Gasteiger partial charge < -0.3 is 5.32 Å². The Labute approximate surface area is 133 Å². The summed E-state index contributed by atoms with van der Waals surface area (Å²) < 4.78 is 13.8. The fourth-order valence-corrected chi connectivity index (χ4v) is 2.48. The molecule has 1 aromatic heterocycles. The third-order valence-electron chi connectivity index (χ3n) is 3.18. The maximum Gasteiger partial charge on any atom is 0.145 e. The van der Waals surface area contributed by atoms with Gasteiger partial charge in [-0.3, -0.25) is 0 Å². The molecule has 1 heterocycles. The SMILES string of the molecule is CCCNC(Cc1ccc(F)c(Br)c1)c1ncc(C)cn1. The minimum atomic E-state index is -0.247. The molecule has 1 unspecified atom stereocenters. The molecule has 2 rings (SSSR count). The number of hydrogen-bond acceptors (Lipinski definition) is 3. The van der Waals surface area contributed by atoms with Crippen LogP contribution in [-0.4, -0.2) is 16.5 Å². The van der Waals surface area contributed by atoms with Crippen molar-refractivity contribution >= 4 is 15.9 Å². The van der Waals surface area contributed by atoms with E-state index in [1.807, 2.05) is 25.4 Å². The van der Waals surface area contributed by atoms with Gasteiger partial charge in [-0.1, -0.05) is 13.0 Å². The molecule has 1 N–H and O–H groups in total. The zero-order chi connectivity index (χ0) is 15.2. The molecule has 2 aromatic rings. The number of hydrogen-bond donors (Lipinski definition) is 1. The monoisotopic (exact) mass is 351 g/mol. The molecule has 0 spiro atoms. The zero-order valence-corrected chi connectivity index (χ0v) is 13.8. The van der Waals surface area contributed by atoms with E-state index in [1.165, 1.54) is 6.07 Å². The van der Waals surface area contributed by atoms with Crippen molar-refractivity contribution in [3.63, 3.8) is 0 Å². The van der Waals surface area contributed by atoms with Gasteiger partial charge in [0.1, 0.15) is 11.6 Å². The molecule has 0 fully saturated rings. The van der Waals surface area contributed by atoms with E-state index < -0.39 is 0 Å². The highest BCUT2D eigenvalue weighted by atomic mass is 79.9. The first kappa shape index (κ1) is 16.0. The van der Waals surface area contributed by atoms with E-state index in [9.17, 15) is 4.39 Å². The van der Waals surface area contributed by atoms with Crippen LogP contribution in [0, 0.1) is 12.7 Å². The minimum Gasteiger partial charge on any atom is -0.307 e. The maximum atomic E-state index is 13.3. The van der Waals surface area contributed by atoms with Gasteiger partial charge >= 0.3 is 0 Å². The molecular weight excluding hydrogens is 333 g/mol. The van der Waals surface area contributed by atoms with Crippen LogP contribution in [0.4, 0.5) is 4.39 Å². The van der Waals surface area contributed by atoms with Gasteiger partial charge in [0.15, 0.2) is 0 Å². The molecule has 0 aliphatic carbocycles. The molecule has 5 heteroatoms. The highest BCUT2D eigenvalue weighted by Gasteiger charge is 2.15. The van der Waals surface area contributed by atoms with E-state index >= 15 is 0 Å². The van der Waals surface area contributed by atoms with E-state index in [0.717, 1.165) is 36.3 Å². The summed E-state index contributed by atoms with van der Waals surface area (Å²) in [7, 11) is 0. The van der Waals surface area contributed by atoms with Gasteiger partial charge in [0.25, 0.3) is 0 Å². The molecule has 1 aromatic carbocycles. The average molecular weight is 352 g/mol. The Morgan fingerprint density at radius 1 is 1.29 bits per heavy atom. The summed E-state index contributed by atoms with van der Waals surface area (Å²) in [5.74, 6) is 0.526. The van der Waals surface area contributed by atoms with Crippen LogP contribution in [0.1, 0.15) is 36.3 Å². The molecule has 21 heavy (non-hydrogen) atoms. The van der Waals surface area contributed by atoms with Crippen LogP contribution in [-0.2, 0) is 6.42 Å². The second-order valence-electron chi connectivity index (χ2n) is 5.08. The van der Waals surface area contributed by atoms with Gasteiger partial charge in [0.2, 0.25) is 0 Å². The lowest BCUT2D eigenvalue weighted by Crippen LogP contribution is -2.26. The summed E-state index contributed by atoms with van der Waals surface area (Å²) in [6.45, 7) is 4.98. The maximum absolute atomic E-state index is 13.3. The van der Waals surface area contributed by atoms with Crippen molar-refractivity contribution in [2.75, 3.05) is 6.54 Å². The first-order valence-corrected chi connectivity index (χ1v) is 7.85. The van der Waals surface area contributed by atoms with Gasteiger partial charge in [-0.2, -0.15) is 0 Å². The van der Waals surface area contributed by atoms with Crippen LogP contribution < -0.4 is 5.32 Å². The average Bonchev–Trinajstić information content (AvgIpc) is 2.48. The first-order chi connectivity index (χ1) is 10.1. The van der Waals surface area contributed by atoms with Crippen molar-refractivity contribution in [3.8, 4) is 0 Å². The number of aryl methyl sites for hydroxylation is 1. The van der Waals surface area contributed by atoms with E-state index in [-0.39, 0.29) is 11.9 Å². The van der Waals surface area contributed by atoms with E-state index in [0.29, 0.717) is 4.47 Å². The van der Waals surface area contributed by atoms with Crippen molar-refractivity contribution in [1.82, 2.24) is 15.3 Å². The van der Waals surface area contributed by atoms with E-state index in [4.69, 9.17) is 0 Å². The molecule has 3 nitrogen and oxygen atoms in total. The summed E-state index contributed by atoms with van der Waals surface area (Å²) in [4.78, 5) is 8.82. The van der Waals surface area contributed by atoms with Crippen LogP contribution in [0.5, 0.6) is 0 Å². The van der Waals surface area contributed by atoms with Crippen molar-refractivity contribution < 1.29 is 4.39 Å². The van der Waals surface area contributed by atoms with Crippen LogP contribution in [0.2, 0.25) is 0 Å². The predicted molar refractivity (Wildman–Crippen MR) is 85.6 cm³/mol. The third kappa shape index (κ3) is 4.58. The van der Waals surface area contributed by atoms with Crippen LogP contribution in [0.3, 0.4) is 0 Å². The van der Waals surface area contributed by atoms with Gasteiger partial charge in [0.05, 0.1) is 10.5 Å². The standard InChI is InChI=1S/C16H19BrFN3/c1-3-6-19-15(16-20-9-11(2)10-21-16)8-12-4-5-14(18)13(17)7-12/h4-5,7,9-10,15,19H,3,6,8H2,1-2H3. The van der Waals surface area contributed by atoms with Gasteiger partial charge in [0, 0.05) is 12.4 Å². The number of halogens is 2. The minimum absolute atomic E-state index is 0.0305. The summed E-state index contributed by atoms with van der Waals surface area (Å²) in [6, 6.07) is 5.12. The van der Waals surface area contributed by atoms with Gasteiger partial charge in [-0.05, 0) is 65.5 Å². The lowest BCUT2D eigenvalue weighted by molar-refractivity contribution is 0.503. The molecular formula is C16H19BrFN3. The summed E-state index contributed by atoms with van der Waals surface area (Å²) >= 11 is 3.23. The Hall–Kier alpha value is -1.33. The Morgan fingerprint density at radius 3 is 2.62 bits per heavy atom. The quantitative estimate of drug-likeness (QED) is 0.855. The number of nitrogens with one attached hydrogen (secondary N) is 1. The van der Waals surface area contributed by atoms with Crippen molar-refractivity contribution in [2.45, 2.75) is 32.7 Å².